The number of hydrogen-bond acceptors (Lipinski definition) is 9. The van der Waals surface area contributed by atoms with Gasteiger partial charge in [0.15, 0.2) is 11.5 Å². The molecule has 4 heterocycles. The minimum absolute atomic E-state index is 0.0497. The van der Waals surface area contributed by atoms with E-state index >= 15 is 0 Å². The molecule has 0 radical (unpaired) electrons. The Bertz CT molecular complexity index is 1120. The maximum atomic E-state index is 12.3. The fraction of sp³-hybridized carbons (Fsp3) is 0.350. The number of thiophene rings is 1. The second-order valence-electron chi connectivity index (χ2n) is 6.85. The van der Waals surface area contributed by atoms with E-state index in [4.69, 9.17) is 15.0 Å². The largest absolute Gasteiger partial charge is 0.463 e. The second kappa shape index (κ2) is 9.13. The lowest BCUT2D eigenvalue weighted by Gasteiger charge is -2.14. The number of hydrogen-bond donors (Lipinski definition) is 2. The number of carbonyl (C=O) groups excluding carboxylic acids is 2. The lowest BCUT2D eigenvalue weighted by Crippen LogP contribution is -2.28. The molecule has 11 heteroatoms. The van der Waals surface area contributed by atoms with E-state index in [1.807, 2.05) is 6.92 Å². The number of rotatable bonds is 8. The summed E-state index contributed by atoms with van der Waals surface area (Å²) in [5, 5.41) is 7.64. The van der Waals surface area contributed by atoms with Crippen LogP contribution in [0.5, 0.6) is 0 Å². The van der Waals surface area contributed by atoms with E-state index in [1.54, 1.807) is 23.1 Å². The zero-order valence-electron chi connectivity index (χ0n) is 17.0. The standard InChI is InChI=1S/C20H22N6O4S/c1-2-22-18(28)14-11-12-16(23-20(21)24-19(12)31-14)17(13-5-4-9-29-13)25-30-10-8-26-7-3-6-15(26)27/h4-5,9,11H,2-3,6-8,10H2,1H3,(H,22,28)(H2,21,23,24)/b25-17-. The molecule has 0 aliphatic carbocycles. The van der Waals surface area contributed by atoms with E-state index in [0.717, 1.165) is 13.0 Å². The number of oxime groups is 1. The van der Waals surface area contributed by atoms with Crippen molar-refractivity contribution < 1.29 is 18.8 Å². The van der Waals surface area contributed by atoms with Crippen LogP contribution in [0.4, 0.5) is 5.95 Å². The van der Waals surface area contributed by atoms with E-state index in [1.165, 1.54) is 17.6 Å². The van der Waals surface area contributed by atoms with Gasteiger partial charge >= 0.3 is 0 Å². The number of anilines is 1. The zero-order chi connectivity index (χ0) is 21.8. The van der Waals surface area contributed by atoms with Gasteiger partial charge in [0.25, 0.3) is 5.91 Å². The number of amides is 2. The minimum atomic E-state index is -0.196. The Balaban J connectivity index is 1.66. The Hall–Kier alpha value is -3.47. The third-order valence-corrected chi connectivity index (χ3v) is 5.76. The van der Waals surface area contributed by atoms with Crippen molar-refractivity contribution >= 4 is 45.0 Å². The number of likely N-dealkylation sites (tertiary alicyclic amines) is 1. The van der Waals surface area contributed by atoms with Crippen molar-refractivity contribution in [3.63, 3.8) is 0 Å². The summed E-state index contributed by atoms with van der Waals surface area (Å²) in [5.74, 6) is 0.412. The molecule has 1 aliphatic heterocycles. The monoisotopic (exact) mass is 442 g/mol. The SMILES string of the molecule is CCNC(=O)c1cc2c(/C(=N\OCCN3CCCC3=O)c3ccco3)nc(N)nc2s1. The number of aromatic nitrogens is 2. The van der Waals surface area contributed by atoms with Crippen LogP contribution in [0.3, 0.4) is 0 Å². The number of carbonyl (C=O) groups is 2. The first-order chi connectivity index (χ1) is 15.1. The third kappa shape index (κ3) is 4.50. The Morgan fingerprint density at radius 1 is 1.45 bits per heavy atom. The van der Waals surface area contributed by atoms with Crippen LogP contribution in [0.1, 0.15) is 40.9 Å². The Labute approximate surface area is 182 Å². The van der Waals surface area contributed by atoms with Crippen LogP contribution < -0.4 is 11.1 Å². The third-order valence-electron chi connectivity index (χ3n) is 4.73. The molecule has 162 valence electrons. The van der Waals surface area contributed by atoms with Gasteiger partial charge in [-0.05, 0) is 31.5 Å². The Morgan fingerprint density at radius 3 is 3.03 bits per heavy atom. The van der Waals surface area contributed by atoms with E-state index in [0.29, 0.717) is 51.8 Å². The van der Waals surface area contributed by atoms with Gasteiger partial charge in [-0.1, -0.05) is 5.16 Å². The molecule has 1 fully saturated rings. The van der Waals surface area contributed by atoms with Gasteiger partial charge in [0.1, 0.15) is 17.1 Å². The molecule has 0 saturated carbocycles. The van der Waals surface area contributed by atoms with Crippen molar-refractivity contribution in [2.75, 3.05) is 32.0 Å². The maximum absolute atomic E-state index is 12.3. The molecule has 3 N–H and O–H groups in total. The van der Waals surface area contributed by atoms with E-state index < -0.39 is 0 Å². The molecular weight excluding hydrogens is 420 g/mol. The lowest BCUT2D eigenvalue weighted by molar-refractivity contribution is -0.128. The highest BCUT2D eigenvalue weighted by atomic mass is 32.1. The summed E-state index contributed by atoms with van der Waals surface area (Å²) in [4.78, 5) is 41.0. The Morgan fingerprint density at radius 2 is 2.32 bits per heavy atom. The highest BCUT2D eigenvalue weighted by molar-refractivity contribution is 7.20. The minimum Gasteiger partial charge on any atom is -0.463 e. The molecule has 0 spiro atoms. The molecule has 10 nitrogen and oxygen atoms in total. The van der Waals surface area contributed by atoms with Crippen LogP contribution >= 0.6 is 11.3 Å². The molecule has 31 heavy (non-hydrogen) atoms. The van der Waals surface area contributed by atoms with Gasteiger partial charge in [-0.15, -0.1) is 11.3 Å². The number of nitrogen functional groups attached to an aromatic ring is 1. The normalized spacial score (nSPS) is 14.4. The fourth-order valence-corrected chi connectivity index (χ4v) is 4.25. The topological polar surface area (TPSA) is 136 Å². The highest BCUT2D eigenvalue weighted by Gasteiger charge is 2.22. The number of nitrogens with two attached hydrogens (primary N) is 1. The van der Waals surface area contributed by atoms with Crippen LogP contribution in [0.25, 0.3) is 10.2 Å². The van der Waals surface area contributed by atoms with E-state index in [9.17, 15) is 9.59 Å². The second-order valence-corrected chi connectivity index (χ2v) is 7.88. The number of fused-ring (bicyclic) bond motifs is 1. The number of nitrogens with one attached hydrogen (secondary N) is 1. The maximum Gasteiger partial charge on any atom is 0.261 e. The van der Waals surface area contributed by atoms with Crippen molar-refractivity contribution in [1.29, 1.82) is 0 Å². The molecular formula is C20H22N6O4S. The number of nitrogens with zero attached hydrogens (tertiary/aromatic N) is 4. The molecule has 4 rings (SSSR count). The first-order valence-electron chi connectivity index (χ1n) is 9.94. The van der Waals surface area contributed by atoms with Gasteiger partial charge in [-0.2, -0.15) is 0 Å². The smallest absolute Gasteiger partial charge is 0.261 e. The van der Waals surface area contributed by atoms with E-state index in [2.05, 4.69) is 20.4 Å². The summed E-state index contributed by atoms with van der Waals surface area (Å²) in [6, 6.07) is 5.16. The first-order valence-corrected chi connectivity index (χ1v) is 10.8. The van der Waals surface area contributed by atoms with E-state index in [-0.39, 0.29) is 24.4 Å². The average molecular weight is 443 g/mol. The van der Waals surface area contributed by atoms with Gasteiger partial charge in [0.2, 0.25) is 11.9 Å². The lowest BCUT2D eigenvalue weighted by atomic mass is 10.1. The summed E-state index contributed by atoms with van der Waals surface area (Å²) in [5.41, 5.74) is 6.66. The summed E-state index contributed by atoms with van der Waals surface area (Å²) in [6.07, 6.45) is 2.96. The number of furan rings is 1. The predicted octanol–water partition coefficient (Wildman–Crippen LogP) is 2.01. The Kier molecular flexibility index (Phi) is 6.12. The molecule has 2 amide bonds. The average Bonchev–Trinajstić information content (AvgIpc) is 3.49. The molecule has 0 atom stereocenters. The van der Waals surface area contributed by atoms with Crippen molar-refractivity contribution in [3.8, 4) is 0 Å². The van der Waals surface area contributed by atoms with Crippen molar-refractivity contribution in [1.82, 2.24) is 20.2 Å². The van der Waals surface area contributed by atoms with Crippen LogP contribution in [-0.2, 0) is 9.63 Å². The summed E-state index contributed by atoms with van der Waals surface area (Å²) in [6.45, 7) is 3.78. The molecule has 3 aromatic heterocycles. The van der Waals surface area contributed by atoms with Crippen LogP contribution in [-0.4, -0.2) is 58.6 Å². The molecule has 3 aromatic rings. The van der Waals surface area contributed by atoms with Crippen molar-refractivity contribution in [2.24, 2.45) is 5.16 Å². The van der Waals surface area contributed by atoms with Crippen LogP contribution in [0.15, 0.2) is 34.0 Å². The molecule has 0 bridgehead atoms. The zero-order valence-corrected chi connectivity index (χ0v) is 17.8. The van der Waals surface area contributed by atoms with Gasteiger partial charge < -0.3 is 25.2 Å². The quantitative estimate of drug-likeness (QED) is 0.309. The van der Waals surface area contributed by atoms with Gasteiger partial charge in [0, 0.05) is 24.9 Å². The fourth-order valence-electron chi connectivity index (χ4n) is 3.30. The predicted molar refractivity (Wildman–Crippen MR) is 116 cm³/mol. The van der Waals surface area contributed by atoms with Gasteiger partial charge in [0.05, 0.1) is 17.7 Å². The molecule has 0 aromatic carbocycles. The highest BCUT2D eigenvalue weighted by Crippen LogP contribution is 2.28. The van der Waals surface area contributed by atoms with Gasteiger partial charge in [-0.25, -0.2) is 9.97 Å². The van der Waals surface area contributed by atoms with Crippen molar-refractivity contribution in [3.05, 3.63) is 40.8 Å². The van der Waals surface area contributed by atoms with Crippen LogP contribution in [0, 0.1) is 0 Å². The molecule has 1 saturated heterocycles. The summed E-state index contributed by atoms with van der Waals surface area (Å²) in [7, 11) is 0. The van der Waals surface area contributed by atoms with Crippen molar-refractivity contribution in [2.45, 2.75) is 19.8 Å². The molecule has 1 aliphatic rings. The summed E-state index contributed by atoms with van der Waals surface area (Å²) < 4.78 is 5.53. The van der Waals surface area contributed by atoms with Crippen LogP contribution in [0.2, 0.25) is 0 Å². The summed E-state index contributed by atoms with van der Waals surface area (Å²) >= 11 is 1.22. The van der Waals surface area contributed by atoms with Gasteiger partial charge in [-0.3, -0.25) is 9.59 Å². The first kappa shape index (κ1) is 20.8. The molecule has 0 unspecified atom stereocenters.